The molecule has 0 fully saturated rings. The van der Waals surface area contributed by atoms with Gasteiger partial charge in [-0.2, -0.15) is 0 Å². The van der Waals surface area contributed by atoms with Crippen LogP contribution in [0.2, 0.25) is 10.0 Å². The first-order chi connectivity index (χ1) is 13.9. The van der Waals surface area contributed by atoms with Crippen molar-refractivity contribution in [1.82, 2.24) is 10.2 Å². The van der Waals surface area contributed by atoms with Gasteiger partial charge in [-0.05, 0) is 35.9 Å². The predicted molar refractivity (Wildman–Crippen MR) is 107 cm³/mol. The number of amides is 3. The van der Waals surface area contributed by atoms with E-state index >= 15 is 0 Å². The lowest BCUT2D eigenvalue weighted by Gasteiger charge is -2.32. The number of urea groups is 1. The second kappa shape index (κ2) is 7.77. The number of hydrogen-bond acceptors (Lipinski definition) is 4. The molecule has 0 aliphatic carbocycles. The first kappa shape index (κ1) is 19.3. The Morgan fingerprint density at radius 1 is 1.14 bits per heavy atom. The van der Waals surface area contributed by atoms with E-state index in [-0.39, 0.29) is 18.7 Å². The number of hydrogen-bond donors (Lipinski definition) is 2. The Bertz CT molecular complexity index is 1040. The van der Waals surface area contributed by atoms with Crippen LogP contribution in [0.15, 0.2) is 59.8 Å². The van der Waals surface area contributed by atoms with E-state index in [2.05, 4.69) is 10.6 Å². The molecule has 148 valence electrons. The maximum Gasteiger partial charge on any atom is 0.338 e. The molecule has 29 heavy (non-hydrogen) atoms. The number of esters is 1. The van der Waals surface area contributed by atoms with Gasteiger partial charge in [-0.25, -0.2) is 9.59 Å². The van der Waals surface area contributed by atoms with Gasteiger partial charge in [-0.15, -0.1) is 0 Å². The molecule has 2 heterocycles. The molecule has 3 amide bonds. The first-order valence-corrected chi connectivity index (χ1v) is 9.47. The topological polar surface area (TPSA) is 87.7 Å². The molecule has 4 rings (SSSR count). The van der Waals surface area contributed by atoms with Crippen LogP contribution in [0.25, 0.3) is 0 Å². The maximum atomic E-state index is 12.7. The molecule has 0 unspecified atom stereocenters. The highest BCUT2D eigenvalue weighted by Gasteiger charge is 2.43. The van der Waals surface area contributed by atoms with Gasteiger partial charge in [0.1, 0.15) is 13.2 Å². The van der Waals surface area contributed by atoms with Gasteiger partial charge in [-0.3, -0.25) is 9.69 Å². The number of benzene rings is 2. The van der Waals surface area contributed by atoms with Gasteiger partial charge in [0.2, 0.25) is 5.91 Å². The Hall–Kier alpha value is -3.03. The van der Waals surface area contributed by atoms with Crippen molar-refractivity contribution in [2.75, 3.05) is 18.5 Å². The van der Waals surface area contributed by atoms with Crippen molar-refractivity contribution in [3.8, 4) is 0 Å². The maximum absolute atomic E-state index is 12.7. The summed E-state index contributed by atoms with van der Waals surface area (Å²) in [6.45, 7) is -0.365. The molecular formula is C20H15Cl2N3O4. The van der Waals surface area contributed by atoms with E-state index in [0.29, 0.717) is 27.0 Å². The van der Waals surface area contributed by atoms with E-state index < -0.39 is 23.9 Å². The van der Waals surface area contributed by atoms with Crippen molar-refractivity contribution in [3.63, 3.8) is 0 Å². The van der Waals surface area contributed by atoms with E-state index in [9.17, 15) is 14.4 Å². The molecule has 0 spiro atoms. The summed E-state index contributed by atoms with van der Waals surface area (Å²) in [6.07, 6.45) is 0. The molecule has 2 aromatic carbocycles. The standard InChI is InChI=1S/C20H15Cl2N3O4/c21-11-5-7-12(8-6-11)23-16(26)9-25-15-10-29-19(27)17(15)18(24-20(25)28)13-3-1-2-4-14(13)22/h1-8,18H,9-10H2,(H,23,26)(H,24,28)/t18-/m0/s1. The van der Waals surface area contributed by atoms with Crippen LogP contribution in [0, 0.1) is 0 Å². The zero-order valence-corrected chi connectivity index (χ0v) is 16.5. The molecule has 0 saturated heterocycles. The zero-order valence-electron chi connectivity index (χ0n) is 14.9. The van der Waals surface area contributed by atoms with Crippen LogP contribution >= 0.6 is 23.2 Å². The smallest absolute Gasteiger partial charge is 0.338 e. The summed E-state index contributed by atoms with van der Waals surface area (Å²) in [5.74, 6) is -0.974. The number of anilines is 1. The number of carbonyl (C=O) groups is 3. The minimum atomic E-state index is -0.739. The van der Waals surface area contributed by atoms with Gasteiger partial charge in [0.15, 0.2) is 0 Å². The number of cyclic esters (lactones) is 1. The van der Waals surface area contributed by atoms with Gasteiger partial charge in [0.25, 0.3) is 0 Å². The Morgan fingerprint density at radius 2 is 1.86 bits per heavy atom. The third-order valence-corrected chi connectivity index (χ3v) is 5.24. The van der Waals surface area contributed by atoms with Crippen molar-refractivity contribution in [2.24, 2.45) is 0 Å². The summed E-state index contributed by atoms with van der Waals surface area (Å²) in [4.78, 5) is 38.8. The largest absolute Gasteiger partial charge is 0.456 e. The fraction of sp³-hybridized carbons (Fsp3) is 0.150. The number of halogens is 2. The third kappa shape index (κ3) is 3.79. The molecule has 2 aromatic rings. The highest BCUT2D eigenvalue weighted by molar-refractivity contribution is 6.31. The Morgan fingerprint density at radius 3 is 2.59 bits per heavy atom. The highest BCUT2D eigenvalue weighted by atomic mass is 35.5. The fourth-order valence-corrected chi connectivity index (χ4v) is 3.67. The Labute approximate surface area is 176 Å². The van der Waals surface area contributed by atoms with Gasteiger partial charge < -0.3 is 15.4 Å². The van der Waals surface area contributed by atoms with E-state index in [1.54, 1.807) is 48.5 Å². The minimum absolute atomic E-state index is 0.0865. The van der Waals surface area contributed by atoms with Crippen molar-refractivity contribution >= 4 is 46.8 Å². The summed E-state index contributed by atoms with van der Waals surface area (Å²) >= 11 is 12.1. The molecular weight excluding hydrogens is 417 g/mol. The molecule has 2 aliphatic rings. The molecule has 1 atom stereocenters. The van der Waals surface area contributed by atoms with E-state index in [4.69, 9.17) is 27.9 Å². The Balaban J connectivity index is 1.60. The van der Waals surface area contributed by atoms with Crippen LogP contribution in [0.4, 0.5) is 10.5 Å². The average Bonchev–Trinajstić information content (AvgIpc) is 3.08. The first-order valence-electron chi connectivity index (χ1n) is 8.72. The summed E-state index contributed by atoms with van der Waals surface area (Å²) in [5, 5.41) is 6.40. The molecule has 0 aromatic heterocycles. The molecule has 9 heteroatoms. The summed E-state index contributed by atoms with van der Waals surface area (Å²) < 4.78 is 5.15. The lowest BCUT2D eigenvalue weighted by molar-refractivity contribution is -0.136. The SMILES string of the molecule is O=C(CN1C(=O)N[C@@H](c2ccccc2Cl)C2=C1COC2=O)Nc1ccc(Cl)cc1. The number of carbonyl (C=O) groups excluding carboxylic acids is 3. The lowest BCUT2D eigenvalue weighted by Crippen LogP contribution is -2.49. The van der Waals surface area contributed by atoms with Gasteiger partial charge >= 0.3 is 12.0 Å². The van der Waals surface area contributed by atoms with E-state index in [0.717, 1.165) is 0 Å². The minimum Gasteiger partial charge on any atom is -0.456 e. The number of rotatable bonds is 4. The van der Waals surface area contributed by atoms with Gasteiger partial charge in [0.05, 0.1) is 17.3 Å². The van der Waals surface area contributed by atoms with Crippen molar-refractivity contribution in [3.05, 3.63) is 75.4 Å². The average molecular weight is 432 g/mol. The monoisotopic (exact) mass is 431 g/mol. The number of nitrogens with one attached hydrogen (secondary N) is 2. The number of ether oxygens (including phenoxy) is 1. The van der Waals surface area contributed by atoms with E-state index in [1.807, 2.05) is 0 Å². The molecule has 2 N–H and O–H groups in total. The van der Waals surface area contributed by atoms with Crippen LogP contribution in [-0.2, 0) is 14.3 Å². The molecule has 0 radical (unpaired) electrons. The summed E-state index contributed by atoms with van der Waals surface area (Å²) in [6, 6.07) is 12.3. The van der Waals surface area contributed by atoms with Crippen molar-refractivity contribution in [2.45, 2.75) is 6.04 Å². The van der Waals surface area contributed by atoms with Crippen LogP contribution < -0.4 is 10.6 Å². The van der Waals surface area contributed by atoms with Crippen LogP contribution in [-0.4, -0.2) is 36.0 Å². The summed E-state index contributed by atoms with van der Waals surface area (Å²) in [7, 11) is 0. The van der Waals surface area contributed by atoms with Crippen LogP contribution in [0.3, 0.4) is 0 Å². The lowest BCUT2D eigenvalue weighted by atomic mass is 9.95. The summed E-state index contributed by atoms with van der Waals surface area (Å²) in [5.41, 5.74) is 1.75. The quantitative estimate of drug-likeness (QED) is 0.724. The Kier molecular flexibility index (Phi) is 5.17. The van der Waals surface area contributed by atoms with Crippen LogP contribution in [0.1, 0.15) is 11.6 Å². The molecule has 0 bridgehead atoms. The predicted octanol–water partition coefficient (Wildman–Crippen LogP) is 3.51. The van der Waals surface area contributed by atoms with Crippen LogP contribution in [0.5, 0.6) is 0 Å². The second-order valence-electron chi connectivity index (χ2n) is 6.48. The molecule has 7 nitrogen and oxygen atoms in total. The highest BCUT2D eigenvalue weighted by Crippen LogP contribution is 2.37. The normalized spacial score (nSPS) is 18.3. The zero-order chi connectivity index (χ0) is 20.5. The van der Waals surface area contributed by atoms with Crippen molar-refractivity contribution in [1.29, 1.82) is 0 Å². The second-order valence-corrected chi connectivity index (χ2v) is 7.33. The molecule has 0 saturated carbocycles. The van der Waals surface area contributed by atoms with Gasteiger partial charge in [-0.1, -0.05) is 41.4 Å². The third-order valence-electron chi connectivity index (χ3n) is 4.64. The van der Waals surface area contributed by atoms with Gasteiger partial charge in [0, 0.05) is 15.7 Å². The molecule has 2 aliphatic heterocycles. The van der Waals surface area contributed by atoms with Crippen molar-refractivity contribution < 1.29 is 19.1 Å². The fourth-order valence-electron chi connectivity index (χ4n) is 3.30. The number of nitrogens with zero attached hydrogens (tertiary/aromatic N) is 1. The van der Waals surface area contributed by atoms with E-state index in [1.165, 1.54) is 4.90 Å².